The number of benzene rings is 1. The van der Waals surface area contributed by atoms with E-state index >= 15 is 0 Å². The highest BCUT2D eigenvalue weighted by Crippen LogP contribution is 2.26. The van der Waals surface area contributed by atoms with Crippen LogP contribution in [0, 0.1) is 0 Å². The number of hydrogen-bond acceptors (Lipinski definition) is 8. The number of nitrogens with zero attached hydrogens (tertiary/aromatic N) is 6. The molecule has 1 saturated heterocycles. The van der Waals surface area contributed by atoms with E-state index in [4.69, 9.17) is 0 Å². The fraction of sp³-hybridized carbons (Fsp3) is 0.391. The third-order valence-electron chi connectivity index (χ3n) is 5.81. The maximum absolute atomic E-state index is 12.8. The van der Waals surface area contributed by atoms with Gasteiger partial charge in [-0.25, -0.2) is 18.4 Å². The summed E-state index contributed by atoms with van der Waals surface area (Å²) < 4.78 is 26.7. The third kappa shape index (κ3) is 5.84. The molecule has 4 rings (SSSR count). The number of anilines is 1. The van der Waals surface area contributed by atoms with E-state index in [0.717, 1.165) is 11.3 Å². The van der Waals surface area contributed by atoms with Gasteiger partial charge in [-0.2, -0.15) is 9.40 Å². The lowest BCUT2D eigenvalue weighted by atomic mass is 10.1. The van der Waals surface area contributed by atoms with E-state index in [9.17, 15) is 18.3 Å². The van der Waals surface area contributed by atoms with Crippen molar-refractivity contribution in [1.29, 1.82) is 0 Å². The van der Waals surface area contributed by atoms with Gasteiger partial charge in [-0.1, -0.05) is 12.1 Å². The number of nitrogens with one attached hydrogen (secondary N) is 1. The molecule has 1 fully saturated rings. The Morgan fingerprint density at radius 2 is 1.80 bits per heavy atom. The van der Waals surface area contributed by atoms with Crippen LogP contribution in [0.1, 0.15) is 17.4 Å². The van der Waals surface area contributed by atoms with Gasteiger partial charge in [-0.15, -0.1) is 0 Å². The molecule has 1 aliphatic rings. The molecule has 186 valence electrons. The minimum absolute atomic E-state index is 0.181. The standard InChI is InChI=1S/C23H29N7O4S/c1-16(15-31)25-23(32)21-12-20(26-22(27-21)18-13-24-28(2)14-18)17-4-6-19(7-5-17)29-8-10-30(11-9-29)35(3,33)34/h4-7,12-14,16,31H,8-11,15H2,1-3H3,(H,25,32)/t16-/m0/s1. The van der Waals surface area contributed by atoms with Gasteiger partial charge >= 0.3 is 0 Å². The third-order valence-corrected chi connectivity index (χ3v) is 7.11. The number of hydrogen-bond donors (Lipinski definition) is 2. The zero-order valence-electron chi connectivity index (χ0n) is 19.9. The summed E-state index contributed by atoms with van der Waals surface area (Å²) in [6.07, 6.45) is 4.64. The molecule has 1 atom stereocenters. The van der Waals surface area contributed by atoms with Crippen LogP contribution in [-0.2, 0) is 17.1 Å². The van der Waals surface area contributed by atoms with Gasteiger partial charge in [-0.05, 0) is 25.1 Å². The summed E-state index contributed by atoms with van der Waals surface area (Å²) in [6, 6.07) is 8.98. The van der Waals surface area contributed by atoms with Crippen LogP contribution in [0.15, 0.2) is 42.7 Å². The number of piperazine rings is 1. The van der Waals surface area contributed by atoms with E-state index in [2.05, 4.69) is 25.3 Å². The molecule has 3 heterocycles. The Balaban J connectivity index is 1.61. The first-order valence-corrected chi connectivity index (χ1v) is 13.1. The second-order valence-corrected chi connectivity index (χ2v) is 10.6. The summed E-state index contributed by atoms with van der Waals surface area (Å²) in [7, 11) is -1.39. The number of aryl methyl sites for hydroxylation is 1. The smallest absolute Gasteiger partial charge is 0.270 e. The van der Waals surface area contributed by atoms with Crippen molar-refractivity contribution in [3.63, 3.8) is 0 Å². The molecule has 12 heteroatoms. The molecule has 1 aromatic carbocycles. The van der Waals surface area contributed by atoms with Crippen molar-refractivity contribution >= 4 is 21.6 Å². The zero-order chi connectivity index (χ0) is 25.2. The van der Waals surface area contributed by atoms with Gasteiger partial charge in [0.15, 0.2) is 5.82 Å². The van der Waals surface area contributed by atoms with Crippen LogP contribution in [0.3, 0.4) is 0 Å². The fourth-order valence-corrected chi connectivity index (χ4v) is 4.67. The predicted octanol–water partition coefficient (Wildman–Crippen LogP) is 0.736. The lowest BCUT2D eigenvalue weighted by molar-refractivity contribution is 0.0917. The lowest BCUT2D eigenvalue weighted by Crippen LogP contribution is -2.48. The molecule has 35 heavy (non-hydrogen) atoms. The highest BCUT2D eigenvalue weighted by atomic mass is 32.2. The number of carbonyl (C=O) groups excluding carboxylic acids is 1. The number of rotatable bonds is 7. The molecule has 0 saturated carbocycles. The van der Waals surface area contributed by atoms with Crippen molar-refractivity contribution in [2.24, 2.45) is 7.05 Å². The first-order valence-electron chi connectivity index (χ1n) is 11.2. The lowest BCUT2D eigenvalue weighted by Gasteiger charge is -2.34. The van der Waals surface area contributed by atoms with Gasteiger partial charge in [0, 0.05) is 56.7 Å². The number of carbonyl (C=O) groups is 1. The molecule has 11 nitrogen and oxygen atoms in total. The number of sulfonamides is 1. The molecule has 3 aromatic rings. The number of aliphatic hydroxyl groups excluding tert-OH is 1. The Hall–Kier alpha value is -3.35. The van der Waals surface area contributed by atoms with E-state index in [1.807, 2.05) is 24.3 Å². The van der Waals surface area contributed by atoms with Crippen molar-refractivity contribution in [2.45, 2.75) is 13.0 Å². The van der Waals surface area contributed by atoms with Crippen molar-refractivity contribution in [3.05, 3.63) is 48.4 Å². The number of amides is 1. The molecule has 0 unspecified atom stereocenters. The summed E-state index contributed by atoms with van der Waals surface area (Å²) in [5, 5.41) is 16.2. The van der Waals surface area contributed by atoms with Crippen LogP contribution in [0.4, 0.5) is 5.69 Å². The van der Waals surface area contributed by atoms with Crippen molar-refractivity contribution in [1.82, 2.24) is 29.4 Å². The molecule has 0 radical (unpaired) electrons. The first kappa shape index (κ1) is 24.8. The molecule has 1 amide bonds. The second-order valence-electron chi connectivity index (χ2n) is 8.62. The van der Waals surface area contributed by atoms with Gasteiger partial charge in [0.1, 0.15) is 5.69 Å². The SMILES string of the molecule is C[C@@H](CO)NC(=O)c1cc(-c2ccc(N3CCN(S(C)(=O)=O)CC3)cc2)nc(-c2cnn(C)c2)n1. The van der Waals surface area contributed by atoms with Crippen molar-refractivity contribution < 1.29 is 18.3 Å². The molecule has 1 aliphatic heterocycles. The topological polar surface area (TPSA) is 134 Å². The largest absolute Gasteiger partial charge is 0.394 e. The van der Waals surface area contributed by atoms with E-state index in [1.165, 1.54) is 10.6 Å². The Bertz CT molecular complexity index is 1300. The maximum atomic E-state index is 12.8. The monoisotopic (exact) mass is 499 g/mol. The molecular formula is C23H29N7O4S. The molecule has 2 N–H and O–H groups in total. The summed E-state index contributed by atoms with van der Waals surface area (Å²) in [6.45, 7) is 3.64. The Labute approximate surface area is 204 Å². The maximum Gasteiger partial charge on any atom is 0.270 e. The van der Waals surface area contributed by atoms with Crippen molar-refractivity contribution in [3.8, 4) is 22.6 Å². The average molecular weight is 500 g/mol. The minimum Gasteiger partial charge on any atom is -0.394 e. The molecule has 2 aromatic heterocycles. The van der Waals surface area contributed by atoms with Crippen molar-refractivity contribution in [2.75, 3.05) is 43.9 Å². The minimum atomic E-state index is -3.18. The van der Waals surface area contributed by atoms with E-state index in [-0.39, 0.29) is 12.3 Å². The van der Waals surface area contributed by atoms with Gasteiger partial charge in [0.05, 0.1) is 30.3 Å². The highest BCUT2D eigenvalue weighted by Gasteiger charge is 2.23. The molecular weight excluding hydrogens is 470 g/mol. The van der Waals surface area contributed by atoms with Crippen LogP contribution < -0.4 is 10.2 Å². The van der Waals surface area contributed by atoms with E-state index < -0.39 is 22.0 Å². The Morgan fingerprint density at radius 3 is 2.37 bits per heavy atom. The fourth-order valence-electron chi connectivity index (χ4n) is 3.84. The van der Waals surface area contributed by atoms with Gasteiger partial charge < -0.3 is 15.3 Å². The van der Waals surface area contributed by atoms with Crippen LogP contribution in [-0.4, -0.2) is 88.6 Å². The Morgan fingerprint density at radius 1 is 1.11 bits per heavy atom. The van der Waals surface area contributed by atoms with Crippen LogP contribution in [0.25, 0.3) is 22.6 Å². The van der Waals surface area contributed by atoms with Gasteiger partial charge in [0.25, 0.3) is 5.91 Å². The summed E-state index contributed by atoms with van der Waals surface area (Å²) >= 11 is 0. The van der Waals surface area contributed by atoms with Crippen LogP contribution in [0.5, 0.6) is 0 Å². The summed E-state index contributed by atoms with van der Waals surface area (Å²) in [5.74, 6) is -0.0286. The highest BCUT2D eigenvalue weighted by molar-refractivity contribution is 7.88. The van der Waals surface area contributed by atoms with Crippen LogP contribution in [0.2, 0.25) is 0 Å². The summed E-state index contributed by atoms with van der Waals surface area (Å²) in [4.78, 5) is 24.0. The first-order chi connectivity index (χ1) is 16.6. The molecule has 0 spiro atoms. The number of aliphatic hydroxyl groups is 1. The van der Waals surface area contributed by atoms with E-state index in [1.54, 1.807) is 37.1 Å². The summed E-state index contributed by atoms with van der Waals surface area (Å²) in [5.41, 5.74) is 3.24. The van der Waals surface area contributed by atoms with Gasteiger partial charge in [0.2, 0.25) is 10.0 Å². The van der Waals surface area contributed by atoms with Crippen LogP contribution >= 0.6 is 0 Å². The van der Waals surface area contributed by atoms with E-state index in [0.29, 0.717) is 43.3 Å². The molecule has 0 aliphatic carbocycles. The zero-order valence-corrected chi connectivity index (χ0v) is 20.7. The second kappa shape index (κ2) is 10.1. The predicted molar refractivity (Wildman–Crippen MR) is 132 cm³/mol. The average Bonchev–Trinajstić information content (AvgIpc) is 3.29. The number of aromatic nitrogens is 4. The van der Waals surface area contributed by atoms with Gasteiger partial charge in [-0.3, -0.25) is 9.48 Å². The molecule has 0 bridgehead atoms. The Kier molecular flexibility index (Phi) is 7.15. The quantitative estimate of drug-likeness (QED) is 0.486. The normalized spacial score (nSPS) is 15.7.